The molecule has 0 spiro atoms. The molecule has 2 fully saturated rings. The molecule has 0 bridgehead atoms. The first-order chi connectivity index (χ1) is 14.2. The van der Waals surface area contributed by atoms with Gasteiger partial charge >= 0.3 is 6.09 Å². The maximum absolute atomic E-state index is 12.0. The zero-order valence-corrected chi connectivity index (χ0v) is 19.1. The second-order valence-electron chi connectivity index (χ2n) is 8.68. The van der Waals surface area contributed by atoms with E-state index in [4.69, 9.17) is 9.47 Å². The van der Waals surface area contributed by atoms with E-state index in [0.29, 0.717) is 44.6 Å². The van der Waals surface area contributed by atoms with Crippen LogP contribution in [0.25, 0.3) is 0 Å². The number of sulfonamides is 1. The van der Waals surface area contributed by atoms with Gasteiger partial charge in [-0.05, 0) is 69.1 Å². The Morgan fingerprint density at radius 1 is 1.10 bits per heavy atom. The molecule has 1 aromatic rings. The predicted molar refractivity (Wildman–Crippen MR) is 116 cm³/mol. The summed E-state index contributed by atoms with van der Waals surface area (Å²) in [7, 11) is -3.10. The van der Waals surface area contributed by atoms with E-state index >= 15 is 0 Å². The summed E-state index contributed by atoms with van der Waals surface area (Å²) >= 11 is 0. The monoisotopic (exact) mass is 438 g/mol. The number of rotatable bonds is 6. The summed E-state index contributed by atoms with van der Waals surface area (Å²) in [6.45, 7) is 6.93. The molecule has 2 aliphatic rings. The second-order valence-corrected chi connectivity index (χ2v) is 10.7. The Balaban J connectivity index is 1.46. The third-order valence-electron chi connectivity index (χ3n) is 5.95. The van der Waals surface area contributed by atoms with Gasteiger partial charge in [0.15, 0.2) is 0 Å². The number of ether oxygens (including phenoxy) is 2. The van der Waals surface area contributed by atoms with Gasteiger partial charge in [0.25, 0.3) is 0 Å². The van der Waals surface area contributed by atoms with Crippen LogP contribution in [0.3, 0.4) is 0 Å². The van der Waals surface area contributed by atoms with Crippen molar-refractivity contribution in [3.05, 3.63) is 29.8 Å². The quantitative estimate of drug-likeness (QED) is 0.680. The van der Waals surface area contributed by atoms with Crippen molar-refractivity contribution in [3.63, 3.8) is 0 Å². The van der Waals surface area contributed by atoms with Crippen LogP contribution in [0.2, 0.25) is 0 Å². The lowest BCUT2D eigenvalue weighted by Gasteiger charge is -2.32. The number of amides is 1. The van der Waals surface area contributed by atoms with Gasteiger partial charge in [-0.3, -0.25) is 0 Å². The molecule has 0 radical (unpaired) electrons. The van der Waals surface area contributed by atoms with Crippen LogP contribution in [0.15, 0.2) is 24.3 Å². The summed E-state index contributed by atoms with van der Waals surface area (Å²) in [5.41, 5.74) is 1.21. The molecule has 2 heterocycles. The normalized spacial score (nSPS) is 19.8. The molecular weight excluding hydrogens is 404 g/mol. The first kappa shape index (κ1) is 22.9. The molecule has 1 amide bonds. The topological polar surface area (TPSA) is 76.2 Å². The van der Waals surface area contributed by atoms with Gasteiger partial charge in [-0.25, -0.2) is 17.5 Å². The van der Waals surface area contributed by atoms with Crippen molar-refractivity contribution in [2.24, 2.45) is 5.92 Å². The van der Waals surface area contributed by atoms with Gasteiger partial charge in [0.1, 0.15) is 5.75 Å². The average Bonchev–Trinajstić information content (AvgIpc) is 2.72. The summed E-state index contributed by atoms with van der Waals surface area (Å²) in [5, 5.41) is 0. The van der Waals surface area contributed by atoms with Crippen LogP contribution in [-0.4, -0.2) is 68.9 Å². The molecule has 0 atom stereocenters. The Bertz CT molecular complexity index is 811. The minimum atomic E-state index is -3.10. The van der Waals surface area contributed by atoms with Crippen molar-refractivity contribution in [1.29, 1.82) is 0 Å². The van der Waals surface area contributed by atoms with Crippen LogP contribution in [0.1, 0.15) is 51.0 Å². The highest BCUT2D eigenvalue weighted by Crippen LogP contribution is 2.31. The van der Waals surface area contributed by atoms with E-state index < -0.39 is 10.0 Å². The molecule has 168 valence electrons. The fourth-order valence-electron chi connectivity index (χ4n) is 4.15. The molecule has 0 saturated carbocycles. The van der Waals surface area contributed by atoms with E-state index in [1.807, 2.05) is 26.0 Å². The Labute approximate surface area is 180 Å². The van der Waals surface area contributed by atoms with Gasteiger partial charge in [0, 0.05) is 26.2 Å². The minimum absolute atomic E-state index is 0.0931. The van der Waals surface area contributed by atoms with Crippen LogP contribution in [0, 0.1) is 5.92 Å². The fraction of sp³-hybridized carbons (Fsp3) is 0.682. The summed E-state index contributed by atoms with van der Waals surface area (Å²) in [5.74, 6) is 1.65. The number of nitrogens with zero attached hydrogens (tertiary/aromatic N) is 2. The van der Waals surface area contributed by atoms with E-state index in [1.165, 1.54) is 11.8 Å². The third-order valence-corrected chi connectivity index (χ3v) is 7.25. The van der Waals surface area contributed by atoms with Crippen LogP contribution < -0.4 is 4.74 Å². The lowest BCUT2D eigenvalue weighted by Crippen LogP contribution is -2.40. The average molecular weight is 439 g/mol. The maximum Gasteiger partial charge on any atom is 0.410 e. The van der Waals surface area contributed by atoms with Gasteiger partial charge in [-0.15, -0.1) is 0 Å². The number of piperidine rings is 2. The molecule has 0 aromatic heterocycles. The predicted octanol–water partition coefficient (Wildman–Crippen LogP) is 3.46. The van der Waals surface area contributed by atoms with E-state index in [1.54, 1.807) is 9.21 Å². The molecule has 30 heavy (non-hydrogen) atoms. The van der Waals surface area contributed by atoms with Crippen LogP contribution in [-0.2, 0) is 14.8 Å². The minimum Gasteiger partial charge on any atom is -0.493 e. The first-order valence-electron chi connectivity index (χ1n) is 10.9. The Morgan fingerprint density at radius 3 is 2.37 bits per heavy atom. The number of benzene rings is 1. The first-order valence-corrected chi connectivity index (χ1v) is 12.7. The van der Waals surface area contributed by atoms with Gasteiger partial charge in [-0.1, -0.05) is 12.1 Å². The summed E-state index contributed by atoms with van der Waals surface area (Å²) < 4.78 is 36.3. The van der Waals surface area contributed by atoms with Crippen LogP contribution >= 0.6 is 0 Å². The smallest absolute Gasteiger partial charge is 0.410 e. The lowest BCUT2D eigenvalue weighted by molar-refractivity contribution is 0.0608. The van der Waals surface area contributed by atoms with E-state index in [2.05, 4.69) is 12.1 Å². The van der Waals surface area contributed by atoms with Gasteiger partial charge < -0.3 is 14.4 Å². The summed E-state index contributed by atoms with van der Waals surface area (Å²) in [4.78, 5) is 13.8. The number of hydrogen-bond donors (Lipinski definition) is 0. The van der Waals surface area contributed by atoms with Crippen molar-refractivity contribution in [3.8, 4) is 5.75 Å². The zero-order chi connectivity index (χ0) is 21.7. The molecule has 3 rings (SSSR count). The molecule has 2 aliphatic heterocycles. The van der Waals surface area contributed by atoms with Crippen molar-refractivity contribution in [2.75, 3.05) is 39.0 Å². The molecule has 7 nitrogen and oxygen atoms in total. The van der Waals surface area contributed by atoms with Gasteiger partial charge in [0.05, 0.1) is 19.0 Å². The molecule has 0 N–H and O–H groups in total. The maximum atomic E-state index is 12.0. The second kappa shape index (κ2) is 10.0. The van der Waals surface area contributed by atoms with Crippen molar-refractivity contribution in [2.45, 2.75) is 51.6 Å². The Hall–Kier alpha value is -1.80. The van der Waals surface area contributed by atoms with Crippen molar-refractivity contribution >= 4 is 16.1 Å². The van der Waals surface area contributed by atoms with E-state index in [0.717, 1.165) is 31.4 Å². The van der Waals surface area contributed by atoms with Gasteiger partial charge in [0.2, 0.25) is 10.0 Å². The molecule has 8 heteroatoms. The SMILES string of the molecule is CC(C)OC(=O)N1CCC(COc2cccc(C3CCN(S(C)(=O)=O)CC3)c2)CC1. The van der Waals surface area contributed by atoms with Gasteiger partial charge in [-0.2, -0.15) is 0 Å². The standard InChI is InChI=1S/C22H34N2O5S/c1-17(2)29-22(25)23-11-7-18(8-12-23)16-28-21-6-4-5-20(15-21)19-9-13-24(14-10-19)30(3,26)27/h4-6,15,17-19H,7-14,16H2,1-3H3. The van der Waals surface area contributed by atoms with E-state index in [-0.39, 0.29) is 12.2 Å². The van der Waals surface area contributed by atoms with E-state index in [9.17, 15) is 13.2 Å². The summed E-state index contributed by atoms with van der Waals surface area (Å²) in [6.07, 6.45) is 4.46. The Morgan fingerprint density at radius 2 is 1.77 bits per heavy atom. The van der Waals surface area contributed by atoms with Crippen LogP contribution in [0.4, 0.5) is 4.79 Å². The lowest BCUT2D eigenvalue weighted by atomic mass is 9.90. The molecular formula is C22H34N2O5S. The van der Waals surface area contributed by atoms with Crippen molar-refractivity contribution in [1.82, 2.24) is 9.21 Å². The third kappa shape index (κ3) is 6.35. The molecule has 0 unspecified atom stereocenters. The molecule has 2 saturated heterocycles. The molecule has 1 aromatic carbocycles. The molecule has 0 aliphatic carbocycles. The Kier molecular flexibility index (Phi) is 7.63. The van der Waals surface area contributed by atoms with Crippen molar-refractivity contribution < 1.29 is 22.7 Å². The number of carbonyl (C=O) groups is 1. The number of likely N-dealkylation sites (tertiary alicyclic amines) is 1. The fourth-order valence-corrected chi connectivity index (χ4v) is 5.03. The highest BCUT2D eigenvalue weighted by Gasteiger charge is 2.27. The number of carbonyl (C=O) groups excluding carboxylic acids is 1. The zero-order valence-electron chi connectivity index (χ0n) is 18.2. The largest absolute Gasteiger partial charge is 0.493 e. The highest BCUT2D eigenvalue weighted by molar-refractivity contribution is 7.88. The van der Waals surface area contributed by atoms with Crippen LogP contribution in [0.5, 0.6) is 5.75 Å². The highest BCUT2D eigenvalue weighted by atomic mass is 32.2. The number of hydrogen-bond acceptors (Lipinski definition) is 5. The summed E-state index contributed by atoms with van der Waals surface area (Å²) in [6, 6.07) is 8.19.